The minimum absolute atomic E-state index is 0.0308. The second-order valence-corrected chi connectivity index (χ2v) is 9.23. The molecule has 1 aromatic carbocycles. The molecule has 0 fully saturated rings. The van der Waals surface area contributed by atoms with Crippen LogP contribution >= 0.6 is 11.6 Å². The summed E-state index contributed by atoms with van der Waals surface area (Å²) in [5.41, 5.74) is 1.35. The molecule has 0 aliphatic rings. The number of hydrogen-bond acceptors (Lipinski definition) is 4. The maximum atomic E-state index is 14.4. The number of halogens is 2. The van der Waals surface area contributed by atoms with E-state index in [1.165, 1.54) is 16.5 Å². The van der Waals surface area contributed by atoms with Crippen LogP contribution in [0, 0.1) is 11.2 Å². The minimum atomic E-state index is -0.718. The Labute approximate surface area is 191 Å². The number of hydrogen-bond donors (Lipinski definition) is 1. The van der Waals surface area contributed by atoms with Crippen molar-refractivity contribution >= 4 is 23.1 Å². The number of aromatic nitrogens is 1. The Hall–Kier alpha value is -2.70. The van der Waals surface area contributed by atoms with E-state index < -0.39 is 17.3 Å². The molecule has 0 aliphatic carbocycles. The van der Waals surface area contributed by atoms with E-state index in [-0.39, 0.29) is 41.6 Å². The average Bonchev–Trinajstić information content (AvgIpc) is 2.73. The van der Waals surface area contributed by atoms with Crippen molar-refractivity contribution in [2.24, 2.45) is 5.41 Å². The van der Waals surface area contributed by atoms with Crippen molar-refractivity contribution in [1.82, 2.24) is 4.40 Å². The molecule has 0 unspecified atom stereocenters. The zero-order valence-corrected chi connectivity index (χ0v) is 19.4. The van der Waals surface area contributed by atoms with E-state index in [2.05, 4.69) is 0 Å². The highest BCUT2D eigenvalue weighted by atomic mass is 35.5. The number of rotatable bonds is 6. The molecular formula is C25H27ClFNO4. The standard InChI is InChI=1S/C25H27ClFNO4/c1-5-32-24(31)18-12-17(19(14-29)25(2,3)4)21-10-9-15(13-28(21)23(18)30)11-16-7-6-8-20(26)22(16)27/h6-10,12-13,19,29H,5,11,14H2,1-4H3/t19-/m0/s1. The Kier molecular flexibility index (Phi) is 7.06. The third-order valence-electron chi connectivity index (χ3n) is 5.58. The second-order valence-electron chi connectivity index (χ2n) is 8.82. The van der Waals surface area contributed by atoms with E-state index in [1.54, 1.807) is 37.4 Å². The molecule has 170 valence electrons. The summed E-state index contributed by atoms with van der Waals surface area (Å²) >= 11 is 5.89. The Bertz CT molecular complexity index is 1210. The largest absolute Gasteiger partial charge is 0.462 e. The van der Waals surface area contributed by atoms with Crippen LogP contribution in [0.15, 0.2) is 47.4 Å². The van der Waals surface area contributed by atoms with Gasteiger partial charge in [-0.2, -0.15) is 0 Å². The predicted octanol–water partition coefficient (Wildman–Crippen LogP) is 4.98. The molecule has 0 saturated heterocycles. The van der Waals surface area contributed by atoms with E-state index in [4.69, 9.17) is 16.3 Å². The van der Waals surface area contributed by atoms with Crippen LogP contribution in [0.25, 0.3) is 5.52 Å². The minimum Gasteiger partial charge on any atom is -0.462 e. The summed E-state index contributed by atoms with van der Waals surface area (Å²) < 4.78 is 20.9. The van der Waals surface area contributed by atoms with Crippen LogP contribution in [0.5, 0.6) is 0 Å². The van der Waals surface area contributed by atoms with Crippen molar-refractivity contribution in [1.29, 1.82) is 0 Å². The normalized spacial score (nSPS) is 12.7. The quantitative estimate of drug-likeness (QED) is 0.528. The van der Waals surface area contributed by atoms with Crippen LogP contribution in [0.4, 0.5) is 4.39 Å². The molecule has 3 aromatic rings. The summed E-state index contributed by atoms with van der Waals surface area (Å²) in [5.74, 6) is -1.55. The lowest BCUT2D eigenvalue weighted by atomic mass is 9.76. The highest BCUT2D eigenvalue weighted by molar-refractivity contribution is 6.30. The van der Waals surface area contributed by atoms with Gasteiger partial charge in [0.1, 0.15) is 11.4 Å². The van der Waals surface area contributed by atoms with Crippen molar-refractivity contribution in [2.45, 2.75) is 40.0 Å². The zero-order valence-electron chi connectivity index (χ0n) is 18.6. The number of fused-ring (bicyclic) bond motifs is 1. The van der Waals surface area contributed by atoms with Gasteiger partial charge in [0.05, 0.1) is 23.8 Å². The van der Waals surface area contributed by atoms with E-state index in [1.807, 2.05) is 20.8 Å². The molecule has 0 spiro atoms. The number of aliphatic hydroxyl groups excluding tert-OH is 1. The monoisotopic (exact) mass is 459 g/mol. The lowest BCUT2D eigenvalue weighted by Gasteiger charge is -2.30. The van der Waals surface area contributed by atoms with Crippen LogP contribution < -0.4 is 5.56 Å². The summed E-state index contributed by atoms with van der Waals surface area (Å²) in [6.07, 6.45) is 1.82. The van der Waals surface area contributed by atoms with E-state index in [0.29, 0.717) is 22.2 Å². The fourth-order valence-corrected chi connectivity index (χ4v) is 4.05. The molecule has 1 atom stereocenters. The smallest absolute Gasteiger partial charge is 0.343 e. The van der Waals surface area contributed by atoms with Crippen molar-refractivity contribution in [3.05, 3.63) is 86.0 Å². The number of pyridine rings is 2. The van der Waals surface area contributed by atoms with Gasteiger partial charge >= 0.3 is 5.97 Å². The molecule has 1 N–H and O–H groups in total. The summed E-state index contributed by atoms with van der Waals surface area (Å²) in [7, 11) is 0. The van der Waals surface area contributed by atoms with Crippen molar-refractivity contribution < 1.29 is 19.0 Å². The molecule has 5 nitrogen and oxygen atoms in total. The van der Waals surface area contributed by atoms with Gasteiger partial charge in [-0.05, 0) is 47.2 Å². The topological polar surface area (TPSA) is 68.0 Å². The fourth-order valence-electron chi connectivity index (χ4n) is 3.85. The number of benzene rings is 1. The Morgan fingerprint density at radius 1 is 1.25 bits per heavy atom. The summed E-state index contributed by atoms with van der Waals surface area (Å²) in [5, 5.41) is 10.2. The number of ether oxygens (including phenoxy) is 1. The summed E-state index contributed by atoms with van der Waals surface area (Å²) in [6, 6.07) is 9.87. The Morgan fingerprint density at radius 3 is 2.59 bits per heavy atom. The van der Waals surface area contributed by atoms with Crippen LogP contribution in [0.1, 0.15) is 60.7 Å². The molecule has 0 radical (unpaired) electrons. The number of carbonyl (C=O) groups excluding carboxylic acids is 1. The first kappa shape index (κ1) is 24.0. The zero-order chi connectivity index (χ0) is 23.6. The van der Waals surface area contributed by atoms with Crippen LogP contribution in [0.3, 0.4) is 0 Å². The average molecular weight is 460 g/mol. The first-order valence-electron chi connectivity index (χ1n) is 10.5. The third-order valence-corrected chi connectivity index (χ3v) is 5.87. The third kappa shape index (κ3) is 4.71. The van der Waals surface area contributed by atoms with Gasteiger partial charge in [-0.25, -0.2) is 9.18 Å². The fraction of sp³-hybridized carbons (Fsp3) is 0.360. The van der Waals surface area contributed by atoms with E-state index >= 15 is 0 Å². The van der Waals surface area contributed by atoms with Gasteiger partial charge < -0.3 is 9.84 Å². The first-order valence-corrected chi connectivity index (χ1v) is 10.8. The van der Waals surface area contributed by atoms with Crippen molar-refractivity contribution in [3.63, 3.8) is 0 Å². The van der Waals surface area contributed by atoms with Gasteiger partial charge in [0.2, 0.25) is 0 Å². The molecule has 0 amide bonds. The molecule has 0 saturated carbocycles. The van der Waals surface area contributed by atoms with Crippen molar-refractivity contribution in [3.8, 4) is 0 Å². The first-order chi connectivity index (χ1) is 15.1. The van der Waals surface area contributed by atoms with E-state index in [9.17, 15) is 19.1 Å². The number of esters is 1. The number of aliphatic hydroxyl groups is 1. The molecule has 7 heteroatoms. The predicted molar refractivity (Wildman–Crippen MR) is 123 cm³/mol. The maximum Gasteiger partial charge on any atom is 0.343 e. The van der Waals surface area contributed by atoms with Crippen LogP contribution in [-0.2, 0) is 11.2 Å². The van der Waals surface area contributed by atoms with E-state index in [0.717, 1.165) is 0 Å². The van der Waals surface area contributed by atoms with Crippen LogP contribution in [-0.4, -0.2) is 28.7 Å². The van der Waals surface area contributed by atoms with Gasteiger partial charge in [-0.15, -0.1) is 0 Å². The highest BCUT2D eigenvalue weighted by Crippen LogP contribution is 2.37. The van der Waals surface area contributed by atoms with Gasteiger partial charge in [0.15, 0.2) is 0 Å². The molecular weight excluding hydrogens is 433 g/mol. The molecule has 2 aromatic heterocycles. The maximum absolute atomic E-state index is 14.4. The summed E-state index contributed by atoms with van der Waals surface area (Å²) in [6.45, 7) is 7.59. The SMILES string of the molecule is CCOC(=O)c1cc([C@H](CO)C(C)(C)C)c2ccc(Cc3cccc(Cl)c3F)cn2c1=O. The highest BCUT2D eigenvalue weighted by Gasteiger charge is 2.29. The second kappa shape index (κ2) is 9.43. The molecule has 3 rings (SSSR count). The lowest BCUT2D eigenvalue weighted by molar-refractivity contribution is 0.0523. The molecule has 2 heterocycles. The Balaban J connectivity index is 2.24. The number of carbonyl (C=O) groups is 1. The van der Waals surface area contributed by atoms with Crippen LogP contribution in [0.2, 0.25) is 5.02 Å². The lowest BCUT2D eigenvalue weighted by Crippen LogP contribution is -2.29. The molecule has 0 bridgehead atoms. The van der Waals surface area contributed by atoms with Gasteiger partial charge in [0, 0.05) is 18.5 Å². The van der Waals surface area contributed by atoms with Gasteiger partial charge in [0.25, 0.3) is 5.56 Å². The van der Waals surface area contributed by atoms with Gasteiger partial charge in [-0.1, -0.05) is 50.6 Å². The van der Waals surface area contributed by atoms with Gasteiger partial charge in [-0.3, -0.25) is 9.20 Å². The molecule has 32 heavy (non-hydrogen) atoms. The number of nitrogens with zero attached hydrogens (tertiary/aromatic N) is 1. The van der Waals surface area contributed by atoms with Crippen molar-refractivity contribution in [2.75, 3.05) is 13.2 Å². The molecule has 0 aliphatic heterocycles. The Morgan fingerprint density at radius 2 is 1.97 bits per heavy atom. The summed E-state index contributed by atoms with van der Waals surface area (Å²) in [4.78, 5) is 25.7.